The van der Waals surface area contributed by atoms with E-state index in [-0.39, 0.29) is 31.6 Å². The third-order valence-electron chi connectivity index (χ3n) is 6.25. The van der Waals surface area contributed by atoms with Crippen molar-refractivity contribution >= 4 is 29.5 Å². The Balaban J connectivity index is 1.59. The molecule has 0 aliphatic rings. The van der Waals surface area contributed by atoms with Gasteiger partial charge in [0.1, 0.15) is 11.9 Å². The molecule has 3 rings (SSSR count). The highest BCUT2D eigenvalue weighted by molar-refractivity contribution is 5.88. The highest BCUT2D eigenvalue weighted by Crippen LogP contribution is 2.23. The number of hydrogen-bond donors (Lipinski definition) is 5. The van der Waals surface area contributed by atoms with Gasteiger partial charge in [-0.2, -0.15) is 0 Å². The minimum atomic E-state index is -1.09. The molecule has 40 heavy (non-hydrogen) atoms. The Hall–Kier alpha value is -4.73. The number of aromatic nitrogens is 1. The van der Waals surface area contributed by atoms with E-state index in [9.17, 15) is 24.3 Å². The first-order valence-corrected chi connectivity index (χ1v) is 13.2. The third-order valence-corrected chi connectivity index (χ3v) is 6.25. The van der Waals surface area contributed by atoms with E-state index in [0.29, 0.717) is 24.9 Å². The smallest absolute Gasteiger partial charge is 0.305 e. The number of rotatable bonds is 16. The van der Waals surface area contributed by atoms with Crippen LogP contribution in [0.1, 0.15) is 50.1 Å². The summed E-state index contributed by atoms with van der Waals surface area (Å²) in [4.78, 5) is 53.0. The van der Waals surface area contributed by atoms with Gasteiger partial charge in [0, 0.05) is 25.6 Å². The number of pyridine rings is 1. The molecule has 3 amide bonds. The van der Waals surface area contributed by atoms with E-state index in [0.717, 1.165) is 16.9 Å². The highest BCUT2D eigenvalue weighted by atomic mass is 16.4. The molecular formula is C30H35N5O5. The standard InChI is InChI=1S/C30H35N5O5/c31-26(36)17-16-24(34-28(37)11-5-7-19-33-27-10-4-6-18-32-27)30(40)35-25(20-29(38)39)23-14-12-22(13-15-23)21-8-2-1-3-9-21/h1-4,6,8-10,12-15,18,24-25H,5,7,11,16-17,19-20H2,(H2,31,36)(H,32,33)(H,34,37)(H,35,40)(H,38,39)/t24-,25?/m0/s1. The number of nitrogens with zero attached hydrogens (tertiary/aromatic N) is 1. The lowest BCUT2D eigenvalue weighted by molar-refractivity contribution is -0.138. The van der Waals surface area contributed by atoms with E-state index in [1.807, 2.05) is 60.7 Å². The normalized spacial score (nSPS) is 12.1. The van der Waals surface area contributed by atoms with Crippen molar-refractivity contribution in [2.75, 3.05) is 11.9 Å². The Bertz CT molecular complexity index is 1250. The fourth-order valence-corrected chi connectivity index (χ4v) is 4.15. The van der Waals surface area contributed by atoms with Gasteiger partial charge in [-0.05, 0) is 48.1 Å². The summed E-state index contributed by atoms with van der Waals surface area (Å²) in [5.74, 6) is -1.87. The number of hydrogen-bond acceptors (Lipinski definition) is 6. The molecule has 0 saturated carbocycles. The maximum atomic E-state index is 13.2. The zero-order valence-electron chi connectivity index (χ0n) is 22.2. The summed E-state index contributed by atoms with van der Waals surface area (Å²) in [5.41, 5.74) is 7.85. The van der Waals surface area contributed by atoms with Gasteiger partial charge >= 0.3 is 5.97 Å². The molecule has 0 aliphatic carbocycles. The second-order valence-corrected chi connectivity index (χ2v) is 9.37. The van der Waals surface area contributed by atoms with Crippen LogP contribution in [0, 0.1) is 0 Å². The largest absolute Gasteiger partial charge is 0.481 e. The number of carbonyl (C=O) groups excluding carboxylic acids is 3. The van der Waals surface area contributed by atoms with Crippen molar-refractivity contribution in [3.63, 3.8) is 0 Å². The molecule has 0 spiro atoms. The van der Waals surface area contributed by atoms with Crippen LogP contribution in [0.4, 0.5) is 5.82 Å². The summed E-state index contributed by atoms with van der Waals surface area (Å²) in [5, 5.41) is 18.1. The lowest BCUT2D eigenvalue weighted by Gasteiger charge is -2.23. The lowest BCUT2D eigenvalue weighted by atomic mass is 9.98. The van der Waals surface area contributed by atoms with E-state index >= 15 is 0 Å². The van der Waals surface area contributed by atoms with Gasteiger partial charge in [0.05, 0.1) is 12.5 Å². The van der Waals surface area contributed by atoms with Crippen LogP contribution in [0.25, 0.3) is 11.1 Å². The molecule has 10 heteroatoms. The number of nitrogens with two attached hydrogens (primary N) is 1. The van der Waals surface area contributed by atoms with Crippen molar-refractivity contribution in [2.24, 2.45) is 5.73 Å². The van der Waals surface area contributed by atoms with Gasteiger partial charge in [0.25, 0.3) is 0 Å². The quantitative estimate of drug-likeness (QED) is 0.172. The van der Waals surface area contributed by atoms with Crippen molar-refractivity contribution in [1.82, 2.24) is 15.6 Å². The van der Waals surface area contributed by atoms with Gasteiger partial charge < -0.3 is 26.8 Å². The first-order chi connectivity index (χ1) is 19.3. The third kappa shape index (κ3) is 10.2. The average molecular weight is 546 g/mol. The van der Waals surface area contributed by atoms with Crippen LogP contribution >= 0.6 is 0 Å². The fraction of sp³-hybridized carbons (Fsp3) is 0.300. The first-order valence-electron chi connectivity index (χ1n) is 13.2. The van der Waals surface area contributed by atoms with Crippen molar-refractivity contribution < 1.29 is 24.3 Å². The minimum Gasteiger partial charge on any atom is -0.481 e. The predicted molar refractivity (Wildman–Crippen MR) is 152 cm³/mol. The summed E-state index contributed by atoms with van der Waals surface area (Å²) in [7, 11) is 0. The van der Waals surface area contributed by atoms with Gasteiger partial charge in [-0.3, -0.25) is 19.2 Å². The number of carboxylic acids is 1. The second kappa shape index (κ2) is 15.6. The minimum absolute atomic E-state index is 0.000868. The molecular weight excluding hydrogens is 510 g/mol. The summed E-state index contributed by atoms with van der Waals surface area (Å²) in [6, 6.07) is 20.7. The van der Waals surface area contributed by atoms with Crippen LogP contribution in [0.15, 0.2) is 79.0 Å². The number of primary amides is 1. The molecule has 10 nitrogen and oxygen atoms in total. The van der Waals surface area contributed by atoms with Crippen molar-refractivity contribution in [1.29, 1.82) is 0 Å². The van der Waals surface area contributed by atoms with Crippen LogP contribution in [-0.2, 0) is 19.2 Å². The van der Waals surface area contributed by atoms with E-state index in [1.165, 1.54) is 0 Å². The molecule has 0 radical (unpaired) electrons. The van der Waals surface area contributed by atoms with Crippen molar-refractivity contribution in [3.05, 3.63) is 84.6 Å². The van der Waals surface area contributed by atoms with E-state index in [2.05, 4.69) is 20.9 Å². The van der Waals surface area contributed by atoms with E-state index in [1.54, 1.807) is 18.3 Å². The highest BCUT2D eigenvalue weighted by Gasteiger charge is 2.25. The Morgan fingerprint density at radius 3 is 2.17 bits per heavy atom. The van der Waals surface area contributed by atoms with E-state index < -0.39 is 29.9 Å². The molecule has 1 unspecified atom stereocenters. The topological polar surface area (TPSA) is 164 Å². The average Bonchev–Trinajstić information content (AvgIpc) is 2.95. The van der Waals surface area contributed by atoms with Gasteiger partial charge in [0.15, 0.2) is 0 Å². The van der Waals surface area contributed by atoms with Crippen LogP contribution < -0.4 is 21.7 Å². The van der Waals surface area contributed by atoms with Crippen LogP contribution in [0.5, 0.6) is 0 Å². The van der Waals surface area contributed by atoms with Crippen molar-refractivity contribution in [2.45, 2.75) is 50.6 Å². The summed E-state index contributed by atoms with van der Waals surface area (Å²) in [6.45, 7) is 0.635. The molecule has 210 valence electrons. The predicted octanol–water partition coefficient (Wildman–Crippen LogP) is 3.41. The number of nitrogens with one attached hydrogen (secondary N) is 3. The lowest BCUT2D eigenvalue weighted by Crippen LogP contribution is -2.48. The number of benzene rings is 2. The maximum Gasteiger partial charge on any atom is 0.305 e. The second-order valence-electron chi connectivity index (χ2n) is 9.37. The number of aliphatic carboxylic acids is 1. The number of amides is 3. The maximum absolute atomic E-state index is 13.2. The summed E-state index contributed by atoms with van der Waals surface area (Å²) < 4.78 is 0. The molecule has 2 aromatic carbocycles. The van der Waals surface area contributed by atoms with Gasteiger partial charge in [0.2, 0.25) is 17.7 Å². The molecule has 0 aliphatic heterocycles. The molecule has 3 aromatic rings. The molecule has 2 atom stereocenters. The molecule has 6 N–H and O–H groups in total. The van der Waals surface area contributed by atoms with Crippen LogP contribution in [0.3, 0.4) is 0 Å². The number of carboxylic acid groups (broad SMARTS) is 1. The molecule has 1 heterocycles. The van der Waals surface area contributed by atoms with Gasteiger partial charge in [-0.1, -0.05) is 60.7 Å². The Kier molecular flexibility index (Phi) is 11.6. The number of anilines is 1. The van der Waals surface area contributed by atoms with Gasteiger partial charge in [-0.25, -0.2) is 4.98 Å². The molecule has 1 aromatic heterocycles. The van der Waals surface area contributed by atoms with Gasteiger partial charge in [-0.15, -0.1) is 0 Å². The fourth-order valence-electron chi connectivity index (χ4n) is 4.15. The van der Waals surface area contributed by atoms with Crippen LogP contribution in [-0.4, -0.2) is 46.4 Å². The monoisotopic (exact) mass is 545 g/mol. The molecule has 0 bridgehead atoms. The first kappa shape index (κ1) is 29.8. The Morgan fingerprint density at radius 2 is 1.52 bits per heavy atom. The number of unbranched alkanes of at least 4 members (excludes halogenated alkanes) is 1. The number of carbonyl (C=O) groups is 4. The van der Waals surface area contributed by atoms with Crippen LogP contribution in [0.2, 0.25) is 0 Å². The van der Waals surface area contributed by atoms with Crippen molar-refractivity contribution in [3.8, 4) is 11.1 Å². The zero-order valence-corrected chi connectivity index (χ0v) is 22.2. The Labute approximate surface area is 233 Å². The summed E-state index contributed by atoms with van der Waals surface area (Å²) in [6.07, 6.45) is 2.70. The Morgan fingerprint density at radius 1 is 0.825 bits per heavy atom. The molecule has 0 fully saturated rings. The van der Waals surface area contributed by atoms with E-state index in [4.69, 9.17) is 5.73 Å². The zero-order chi connectivity index (χ0) is 28.7. The molecule has 0 saturated heterocycles. The SMILES string of the molecule is NC(=O)CC[C@H](NC(=O)CCCCNc1ccccn1)C(=O)NC(CC(=O)O)c1ccc(-c2ccccc2)cc1. The summed E-state index contributed by atoms with van der Waals surface area (Å²) >= 11 is 0.